The largest absolute Gasteiger partial charge is 0.573 e. The summed E-state index contributed by atoms with van der Waals surface area (Å²) in [6, 6.07) is 20.2. The van der Waals surface area contributed by atoms with Crippen molar-refractivity contribution in [3.05, 3.63) is 66.7 Å². The van der Waals surface area contributed by atoms with Crippen LogP contribution < -0.4 is 7.85 Å². The van der Waals surface area contributed by atoms with Crippen LogP contribution in [-0.4, -0.2) is 6.36 Å². The van der Waals surface area contributed by atoms with Gasteiger partial charge < -0.3 is 4.74 Å². The summed E-state index contributed by atoms with van der Waals surface area (Å²) < 4.78 is 45.1. The van der Waals surface area contributed by atoms with Crippen LogP contribution >= 0.6 is 34.2 Å². The van der Waals surface area contributed by atoms with Crippen LogP contribution in [0.3, 0.4) is 0 Å². The molecule has 2 nitrogen and oxygen atoms in total. The summed E-state index contributed by atoms with van der Waals surface area (Å²) in [7, 11) is 0. The van der Waals surface area contributed by atoms with Crippen LogP contribution in [0, 0.1) is 0 Å². The van der Waals surface area contributed by atoms with Crippen LogP contribution in [0.1, 0.15) is 0 Å². The van der Waals surface area contributed by atoms with E-state index in [0.29, 0.717) is 0 Å². The zero-order valence-electron chi connectivity index (χ0n) is 13.1. The Kier molecular flexibility index (Phi) is 4.44. The maximum absolute atomic E-state index is 12.3. The monoisotopic (exact) mass is 485 g/mol. The second-order valence-electron chi connectivity index (χ2n) is 5.57. The lowest BCUT2D eigenvalue weighted by Crippen LogP contribution is -2.17. The Morgan fingerprint density at radius 1 is 0.846 bits per heavy atom. The molecular weight excluding hydrogens is 474 g/mol. The lowest BCUT2D eigenvalue weighted by molar-refractivity contribution is -0.274. The molecule has 0 saturated heterocycles. The summed E-state index contributed by atoms with van der Waals surface area (Å²) in [5.74, 6) is -0.230. The van der Waals surface area contributed by atoms with E-state index in [0.717, 1.165) is 16.1 Å². The topological polar surface area (TPSA) is 12.5 Å². The summed E-state index contributed by atoms with van der Waals surface area (Å²) in [5.41, 5.74) is 1.76. The van der Waals surface area contributed by atoms with Crippen molar-refractivity contribution in [2.24, 2.45) is 0 Å². The third-order valence-electron chi connectivity index (χ3n) is 3.89. The minimum atomic E-state index is -4.69. The number of ether oxygens (including phenoxy) is 1. The standard InChI is InChI=1S/C19H11F3INOS/c20-19(21,22)25-13-10-8-12(9-11-13)24(23)16-6-3-5-15-14-4-1-2-7-17(14)26-18(15)16/h1-11H. The first-order valence-corrected chi connectivity index (χ1v) is 9.42. The van der Waals surface area contributed by atoms with E-state index in [1.807, 2.05) is 27.4 Å². The van der Waals surface area contributed by atoms with E-state index in [2.05, 4.69) is 45.8 Å². The van der Waals surface area contributed by atoms with Gasteiger partial charge in [0.15, 0.2) is 0 Å². The molecule has 0 amide bonds. The van der Waals surface area contributed by atoms with Crippen LogP contribution in [-0.2, 0) is 0 Å². The summed E-state index contributed by atoms with van der Waals surface area (Å²) in [6.07, 6.45) is -4.69. The maximum Gasteiger partial charge on any atom is 0.573 e. The molecule has 0 bridgehead atoms. The van der Waals surface area contributed by atoms with Gasteiger partial charge in [0.2, 0.25) is 0 Å². The fourth-order valence-electron chi connectivity index (χ4n) is 2.80. The molecule has 1 heterocycles. The van der Waals surface area contributed by atoms with E-state index >= 15 is 0 Å². The highest BCUT2D eigenvalue weighted by Crippen LogP contribution is 2.43. The molecule has 0 N–H and O–H groups in total. The van der Waals surface area contributed by atoms with Crippen LogP contribution in [0.2, 0.25) is 0 Å². The molecule has 132 valence electrons. The van der Waals surface area contributed by atoms with Gasteiger partial charge in [-0.2, -0.15) is 0 Å². The van der Waals surface area contributed by atoms with Gasteiger partial charge in [-0.05, 0) is 36.4 Å². The predicted octanol–water partition coefficient (Wildman–Crippen LogP) is 7.44. The normalized spacial score (nSPS) is 11.8. The predicted molar refractivity (Wildman–Crippen MR) is 109 cm³/mol. The zero-order chi connectivity index (χ0) is 18.3. The molecule has 7 heteroatoms. The van der Waals surface area contributed by atoms with Crippen molar-refractivity contribution in [2.45, 2.75) is 6.36 Å². The average Bonchev–Trinajstić information content (AvgIpc) is 2.99. The van der Waals surface area contributed by atoms with Gasteiger partial charge in [0.1, 0.15) is 5.75 Å². The molecule has 0 aliphatic carbocycles. The Hall–Kier alpha value is -2.00. The Morgan fingerprint density at radius 3 is 2.27 bits per heavy atom. The van der Waals surface area contributed by atoms with Crippen LogP contribution in [0.5, 0.6) is 5.75 Å². The molecule has 4 aromatic rings. The first kappa shape index (κ1) is 17.4. The third kappa shape index (κ3) is 3.33. The van der Waals surface area contributed by atoms with Gasteiger partial charge in [0.25, 0.3) is 0 Å². The number of rotatable bonds is 3. The molecule has 4 rings (SSSR count). The molecule has 0 aliphatic heterocycles. The Bertz CT molecular complexity index is 1080. The van der Waals surface area contributed by atoms with E-state index in [9.17, 15) is 13.2 Å². The number of benzene rings is 3. The van der Waals surface area contributed by atoms with Gasteiger partial charge in [-0.1, -0.05) is 30.3 Å². The van der Waals surface area contributed by atoms with E-state index in [1.54, 1.807) is 23.5 Å². The number of thiophene rings is 1. The molecule has 0 unspecified atom stereocenters. The fourth-order valence-corrected chi connectivity index (χ4v) is 4.90. The summed E-state index contributed by atoms with van der Waals surface area (Å²) in [5, 5.41) is 2.37. The first-order chi connectivity index (χ1) is 12.4. The Balaban J connectivity index is 1.73. The van der Waals surface area contributed by atoms with E-state index in [1.165, 1.54) is 27.6 Å². The number of alkyl halides is 3. The average molecular weight is 485 g/mol. The van der Waals surface area contributed by atoms with Crippen molar-refractivity contribution < 1.29 is 17.9 Å². The SMILES string of the molecule is FC(F)(F)Oc1ccc(N(I)c2cccc3c2sc2ccccc23)cc1. The second-order valence-corrected chi connectivity index (χ2v) is 7.59. The maximum atomic E-state index is 12.3. The molecule has 3 aromatic carbocycles. The second kappa shape index (κ2) is 6.62. The van der Waals surface area contributed by atoms with Crippen LogP contribution in [0.15, 0.2) is 66.7 Å². The molecule has 0 atom stereocenters. The van der Waals surface area contributed by atoms with Crippen molar-refractivity contribution in [3.63, 3.8) is 0 Å². The van der Waals surface area contributed by atoms with Crippen LogP contribution in [0.25, 0.3) is 20.2 Å². The number of hydrogen-bond donors (Lipinski definition) is 0. The quantitative estimate of drug-likeness (QED) is 0.221. The van der Waals surface area contributed by atoms with E-state index in [4.69, 9.17) is 0 Å². The van der Waals surface area contributed by atoms with Gasteiger partial charge in [0.05, 0.1) is 38.9 Å². The molecule has 26 heavy (non-hydrogen) atoms. The Labute approximate surface area is 165 Å². The molecule has 1 aromatic heterocycles. The van der Waals surface area contributed by atoms with Crippen molar-refractivity contribution >= 4 is 65.7 Å². The van der Waals surface area contributed by atoms with Crippen molar-refractivity contribution in [1.82, 2.24) is 0 Å². The number of halogens is 4. The number of nitrogens with zero attached hydrogens (tertiary/aromatic N) is 1. The Morgan fingerprint density at radius 2 is 1.54 bits per heavy atom. The molecule has 0 aliphatic rings. The molecule has 0 radical (unpaired) electrons. The molecule has 0 spiro atoms. The van der Waals surface area contributed by atoms with E-state index in [-0.39, 0.29) is 5.75 Å². The lowest BCUT2D eigenvalue weighted by Gasteiger charge is -2.18. The van der Waals surface area contributed by atoms with Crippen molar-refractivity contribution in [3.8, 4) is 5.75 Å². The third-order valence-corrected chi connectivity index (χ3v) is 6.18. The van der Waals surface area contributed by atoms with Gasteiger partial charge in [-0.15, -0.1) is 24.5 Å². The van der Waals surface area contributed by atoms with Gasteiger partial charge >= 0.3 is 6.36 Å². The molecule has 0 fully saturated rings. The number of anilines is 2. The summed E-state index contributed by atoms with van der Waals surface area (Å²) >= 11 is 3.87. The molecular formula is C19H11F3INOS. The minimum Gasteiger partial charge on any atom is -0.406 e. The lowest BCUT2D eigenvalue weighted by atomic mass is 10.1. The molecule has 0 saturated carbocycles. The van der Waals surface area contributed by atoms with Gasteiger partial charge in [-0.25, -0.2) is 0 Å². The van der Waals surface area contributed by atoms with Crippen molar-refractivity contribution in [2.75, 3.05) is 3.11 Å². The highest BCUT2D eigenvalue weighted by atomic mass is 127. The van der Waals surface area contributed by atoms with Crippen LogP contribution in [0.4, 0.5) is 24.5 Å². The summed E-state index contributed by atoms with van der Waals surface area (Å²) in [4.78, 5) is 0. The smallest absolute Gasteiger partial charge is 0.406 e. The van der Waals surface area contributed by atoms with Gasteiger partial charge in [-0.3, -0.25) is 3.11 Å². The number of hydrogen-bond acceptors (Lipinski definition) is 3. The summed E-state index contributed by atoms with van der Waals surface area (Å²) in [6.45, 7) is 0. The van der Waals surface area contributed by atoms with E-state index < -0.39 is 6.36 Å². The first-order valence-electron chi connectivity index (χ1n) is 7.64. The number of fused-ring (bicyclic) bond motifs is 3. The van der Waals surface area contributed by atoms with Gasteiger partial charge in [0, 0.05) is 15.5 Å². The highest BCUT2D eigenvalue weighted by Gasteiger charge is 2.31. The zero-order valence-corrected chi connectivity index (χ0v) is 16.1. The van der Waals surface area contributed by atoms with Crippen molar-refractivity contribution in [1.29, 1.82) is 0 Å². The highest BCUT2D eigenvalue weighted by molar-refractivity contribution is 14.1. The fraction of sp³-hybridized carbons (Fsp3) is 0.0526. The minimum absolute atomic E-state index is 0.230.